The van der Waals surface area contributed by atoms with Gasteiger partial charge in [0.15, 0.2) is 5.01 Å². The second-order valence-electron chi connectivity index (χ2n) is 5.08. The molecule has 1 aromatic rings. The highest BCUT2D eigenvalue weighted by Gasteiger charge is 2.34. The van der Waals surface area contributed by atoms with E-state index >= 15 is 0 Å². The Balaban J connectivity index is 0.00000220. The predicted octanol–water partition coefficient (Wildman–Crippen LogP) is 3.55. The first-order chi connectivity index (χ1) is 9.50. The maximum absolute atomic E-state index is 12.6. The Bertz CT molecular complexity index is 419. The van der Waals surface area contributed by atoms with E-state index < -0.39 is 11.2 Å². The maximum Gasteiger partial charge on any atom is 0.443 e. The van der Waals surface area contributed by atoms with Crippen molar-refractivity contribution in [3.63, 3.8) is 0 Å². The number of nitrogens with zero attached hydrogens (tertiary/aromatic N) is 2. The summed E-state index contributed by atoms with van der Waals surface area (Å²) in [5, 5.41) is 2.57. The highest BCUT2D eigenvalue weighted by Crippen LogP contribution is 2.33. The summed E-state index contributed by atoms with van der Waals surface area (Å²) in [6.45, 7) is 5.57. The Labute approximate surface area is 133 Å². The Morgan fingerprint density at radius 2 is 2.05 bits per heavy atom. The zero-order chi connectivity index (χ0) is 14.6. The molecule has 0 spiro atoms. The van der Waals surface area contributed by atoms with Gasteiger partial charge in [-0.2, -0.15) is 13.2 Å². The lowest BCUT2D eigenvalue weighted by Crippen LogP contribution is -2.42. The highest BCUT2D eigenvalue weighted by atomic mass is 35.5. The van der Waals surface area contributed by atoms with Gasteiger partial charge in [0.05, 0.1) is 0 Å². The van der Waals surface area contributed by atoms with Gasteiger partial charge < -0.3 is 5.32 Å². The zero-order valence-corrected chi connectivity index (χ0v) is 13.6. The summed E-state index contributed by atoms with van der Waals surface area (Å²) >= 11 is 0.765. The summed E-state index contributed by atoms with van der Waals surface area (Å²) in [5.74, 6) is 0. The molecule has 1 fully saturated rings. The van der Waals surface area contributed by atoms with Crippen LogP contribution in [-0.2, 0) is 12.7 Å². The minimum Gasteiger partial charge on any atom is -0.317 e. The number of nitrogens with one attached hydrogen (secondary N) is 1. The third kappa shape index (κ3) is 5.39. The average Bonchev–Trinajstić information content (AvgIpc) is 2.88. The van der Waals surface area contributed by atoms with Gasteiger partial charge in [-0.05, 0) is 38.9 Å². The quantitative estimate of drug-likeness (QED) is 0.886. The van der Waals surface area contributed by atoms with Crippen LogP contribution in [0.4, 0.5) is 13.2 Å². The van der Waals surface area contributed by atoms with E-state index in [1.807, 2.05) is 0 Å². The topological polar surface area (TPSA) is 28.2 Å². The number of thiazole rings is 1. The van der Waals surface area contributed by atoms with Crippen LogP contribution < -0.4 is 5.32 Å². The van der Waals surface area contributed by atoms with E-state index in [0.29, 0.717) is 17.5 Å². The molecule has 2 rings (SSSR count). The van der Waals surface area contributed by atoms with Gasteiger partial charge in [-0.1, -0.05) is 6.92 Å². The fourth-order valence-corrected chi connectivity index (χ4v) is 3.37. The third-order valence-corrected chi connectivity index (χ3v) is 4.52. The molecule has 21 heavy (non-hydrogen) atoms. The first-order valence-corrected chi connectivity index (χ1v) is 7.79. The molecule has 122 valence electrons. The number of hydrogen-bond acceptors (Lipinski definition) is 4. The van der Waals surface area contributed by atoms with Gasteiger partial charge in [-0.3, -0.25) is 4.90 Å². The van der Waals surface area contributed by atoms with Crippen LogP contribution in [-0.4, -0.2) is 35.6 Å². The number of alkyl halides is 3. The van der Waals surface area contributed by atoms with E-state index in [1.165, 1.54) is 6.20 Å². The van der Waals surface area contributed by atoms with Gasteiger partial charge >= 0.3 is 6.18 Å². The monoisotopic (exact) mass is 343 g/mol. The molecular weight excluding hydrogens is 323 g/mol. The van der Waals surface area contributed by atoms with Crippen LogP contribution >= 0.6 is 23.7 Å². The van der Waals surface area contributed by atoms with Crippen molar-refractivity contribution >= 4 is 23.7 Å². The van der Waals surface area contributed by atoms with Crippen molar-refractivity contribution in [2.24, 2.45) is 0 Å². The number of aromatic nitrogens is 1. The summed E-state index contributed by atoms with van der Waals surface area (Å²) in [6, 6.07) is 0.465. The van der Waals surface area contributed by atoms with Crippen molar-refractivity contribution in [3.05, 3.63) is 16.1 Å². The van der Waals surface area contributed by atoms with Crippen LogP contribution in [0.2, 0.25) is 0 Å². The number of piperidine rings is 1. The van der Waals surface area contributed by atoms with Crippen molar-refractivity contribution < 1.29 is 13.2 Å². The highest BCUT2D eigenvalue weighted by molar-refractivity contribution is 7.11. The summed E-state index contributed by atoms with van der Waals surface area (Å²) in [6.07, 6.45) is 0.176. The molecular formula is C13H21ClF3N3S. The standard InChI is InChI=1S/C13H20F3N3S.ClH/c1-2-7-19(10-3-5-17-6-4-10)9-11-8-18-12(20-11)13(14,15)16;/h8,10,17H,2-7,9H2,1H3;1H. The first-order valence-electron chi connectivity index (χ1n) is 6.97. The molecule has 8 heteroatoms. The lowest BCUT2D eigenvalue weighted by atomic mass is 10.0. The van der Waals surface area contributed by atoms with E-state index in [9.17, 15) is 13.2 Å². The molecule has 1 aromatic heterocycles. The molecule has 1 aliphatic rings. The van der Waals surface area contributed by atoms with Crippen LogP contribution in [0.5, 0.6) is 0 Å². The number of rotatable bonds is 5. The van der Waals surface area contributed by atoms with E-state index in [4.69, 9.17) is 0 Å². The summed E-state index contributed by atoms with van der Waals surface area (Å²) < 4.78 is 37.7. The van der Waals surface area contributed by atoms with Crippen LogP contribution in [0.25, 0.3) is 0 Å². The lowest BCUT2D eigenvalue weighted by molar-refractivity contribution is -0.137. The number of halogens is 4. The normalized spacial score (nSPS) is 17.0. The molecule has 1 aliphatic heterocycles. The molecule has 0 saturated carbocycles. The van der Waals surface area contributed by atoms with Crippen molar-refractivity contribution in [2.45, 2.75) is 44.9 Å². The fraction of sp³-hybridized carbons (Fsp3) is 0.769. The predicted molar refractivity (Wildman–Crippen MR) is 81.0 cm³/mol. The van der Waals surface area contributed by atoms with E-state index in [1.54, 1.807) is 0 Å². The van der Waals surface area contributed by atoms with Crippen molar-refractivity contribution in [1.82, 2.24) is 15.2 Å². The van der Waals surface area contributed by atoms with Crippen molar-refractivity contribution in [1.29, 1.82) is 0 Å². The van der Waals surface area contributed by atoms with Crippen molar-refractivity contribution in [3.8, 4) is 0 Å². The smallest absolute Gasteiger partial charge is 0.317 e. The van der Waals surface area contributed by atoms with Gasteiger partial charge in [-0.25, -0.2) is 4.98 Å². The molecule has 0 amide bonds. The molecule has 3 nitrogen and oxygen atoms in total. The fourth-order valence-electron chi connectivity index (χ4n) is 2.56. The van der Waals surface area contributed by atoms with Crippen LogP contribution in [0.1, 0.15) is 36.1 Å². The number of hydrogen-bond donors (Lipinski definition) is 1. The van der Waals surface area contributed by atoms with Gasteiger partial charge in [0.25, 0.3) is 0 Å². The Morgan fingerprint density at radius 1 is 1.38 bits per heavy atom. The second kappa shape index (κ2) is 8.31. The Hall–Kier alpha value is -0.370. The molecule has 0 unspecified atom stereocenters. The first kappa shape index (κ1) is 18.7. The Kier molecular flexibility index (Phi) is 7.39. The molecule has 0 bridgehead atoms. The SMILES string of the molecule is CCCN(Cc1cnc(C(F)(F)F)s1)C1CCNCC1.Cl. The summed E-state index contributed by atoms with van der Waals surface area (Å²) in [5.41, 5.74) is 0. The van der Waals surface area contributed by atoms with E-state index in [2.05, 4.69) is 22.1 Å². The molecule has 1 saturated heterocycles. The van der Waals surface area contributed by atoms with Gasteiger partial charge in [0, 0.05) is 23.7 Å². The molecule has 0 aromatic carbocycles. The van der Waals surface area contributed by atoms with Gasteiger partial charge in [-0.15, -0.1) is 23.7 Å². The van der Waals surface area contributed by atoms with Gasteiger partial charge in [0.2, 0.25) is 0 Å². The largest absolute Gasteiger partial charge is 0.443 e. The minimum absolute atomic E-state index is 0. The Morgan fingerprint density at radius 3 is 2.57 bits per heavy atom. The van der Waals surface area contributed by atoms with Crippen LogP contribution in [0.3, 0.4) is 0 Å². The van der Waals surface area contributed by atoms with Crippen LogP contribution in [0, 0.1) is 0 Å². The maximum atomic E-state index is 12.6. The van der Waals surface area contributed by atoms with Gasteiger partial charge in [0.1, 0.15) is 0 Å². The van der Waals surface area contributed by atoms with Crippen molar-refractivity contribution in [2.75, 3.05) is 19.6 Å². The third-order valence-electron chi connectivity index (χ3n) is 3.49. The molecule has 1 N–H and O–H groups in total. The molecule has 2 heterocycles. The zero-order valence-electron chi connectivity index (χ0n) is 11.9. The molecule has 0 radical (unpaired) electrons. The summed E-state index contributed by atoms with van der Waals surface area (Å²) in [4.78, 5) is 6.50. The minimum atomic E-state index is -4.33. The lowest BCUT2D eigenvalue weighted by Gasteiger charge is -2.34. The van der Waals surface area contributed by atoms with E-state index in [0.717, 1.165) is 50.2 Å². The summed E-state index contributed by atoms with van der Waals surface area (Å²) in [7, 11) is 0. The average molecular weight is 344 g/mol. The van der Waals surface area contributed by atoms with Crippen LogP contribution in [0.15, 0.2) is 6.20 Å². The second-order valence-corrected chi connectivity index (χ2v) is 6.20. The molecule has 0 aliphatic carbocycles. The van der Waals surface area contributed by atoms with E-state index in [-0.39, 0.29) is 12.4 Å². The molecule has 0 atom stereocenters.